The zero-order chi connectivity index (χ0) is 19.7. The van der Waals surface area contributed by atoms with Crippen molar-refractivity contribution >= 4 is 17.7 Å². The minimum atomic E-state index is -4.36. The number of aromatic nitrogens is 2. The molecule has 0 spiro atoms. The van der Waals surface area contributed by atoms with E-state index >= 15 is 0 Å². The normalized spacial score (nSPS) is 15.9. The molecule has 0 saturated carbocycles. The van der Waals surface area contributed by atoms with Crippen molar-refractivity contribution in [3.8, 4) is 11.3 Å². The number of rotatable bonds is 4. The average Bonchev–Trinajstić information content (AvgIpc) is 3.10. The molecule has 1 aromatic heterocycles. The van der Waals surface area contributed by atoms with Gasteiger partial charge in [0.2, 0.25) is 0 Å². The average molecular weight is 382 g/mol. The highest BCUT2D eigenvalue weighted by Gasteiger charge is 2.30. The van der Waals surface area contributed by atoms with Gasteiger partial charge in [0.1, 0.15) is 12.1 Å². The third-order valence-electron chi connectivity index (χ3n) is 4.85. The second-order valence-electron chi connectivity index (χ2n) is 6.81. The van der Waals surface area contributed by atoms with E-state index in [2.05, 4.69) is 27.4 Å². The van der Waals surface area contributed by atoms with Crippen molar-refractivity contribution in [1.82, 2.24) is 9.97 Å². The van der Waals surface area contributed by atoms with E-state index in [0.717, 1.165) is 30.7 Å². The molecule has 28 heavy (non-hydrogen) atoms. The first-order chi connectivity index (χ1) is 13.4. The Bertz CT molecular complexity index is 1010. The maximum Gasteiger partial charge on any atom is 0.416 e. The van der Waals surface area contributed by atoms with Crippen LogP contribution in [0.3, 0.4) is 0 Å². The van der Waals surface area contributed by atoms with Gasteiger partial charge in [0.05, 0.1) is 11.3 Å². The first kappa shape index (κ1) is 18.2. The summed E-state index contributed by atoms with van der Waals surface area (Å²) in [5.74, 6) is 0.821. The summed E-state index contributed by atoms with van der Waals surface area (Å²) in [5.41, 5.74) is 3.78. The van der Waals surface area contributed by atoms with E-state index in [9.17, 15) is 13.2 Å². The molecule has 0 bridgehead atoms. The molecule has 0 fully saturated rings. The number of hydrogen-bond acceptors (Lipinski definition) is 4. The van der Waals surface area contributed by atoms with Gasteiger partial charge in [0.15, 0.2) is 0 Å². The number of nitrogens with zero attached hydrogens (tertiary/aromatic N) is 2. The van der Waals surface area contributed by atoms with Crippen molar-refractivity contribution in [3.05, 3.63) is 71.5 Å². The van der Waals surface area contributed by atoms with Crippen molar-refractivity contribution < 1.29 is 13.2 Å². The fraction of sp³-hybridized carbons (Fsp3) is 0.190. The predicted octanol–water partition coefficient (Wildman–Crippen LogP) is 5.27. The molecule has 1 aliphatic rings. The molecule has 4 nitrogen and oxygen atoms in total. The topological polar surface area (TPSA) is 61.7 Å². The zero-order valence-electron chi connectivity index (χ0n) is 14.8. The van der Waals surface area contributed by atoms with Crippen molar-refractivity contribution in [2.75, 3.05) is 5.32 Å². The summed E-state index contributed by atoms with van der Waals surface area (Å²) in [7, 11) is 0. The first-order valence-corrected chi connectivity index (χ1v) is 8.81. The van der Waals surface area contributed by atoms with Crippen LogP contribution in [0.4, 0.5) is 24.7 Å². The SMILES string of the molecule is N=CC1Cc2ccc(Nc3cc(-c4ccc(C(F)(F)F)cc4)ncn3)cc2C1. The third-order valence-corrected chi connectivity index (χ3v) is 4.85. The van der Waals surface area contributed by atoms with Gasteiger partial charge in [0, 0.05) is 23.2 Å². The molecule has 0 amide bonds. The van der Waals surface area contributed by atoms with Gasteiger partial charge in [-0.1, -0.05) is 18.2 Å². The number of alkyl halides is 3. The molecule has 142 valence electrons. The highest BCUT2D eigenvalue weighted by molar-refractivity contribution is 5.67. The minimum absolute atomic E-state index is 0.260. The highest BCUT2D eigenvalue weighted by Crippen LogP contribution is 2.32. The van der Waals surface area contributed by atoms with Crippen LogP contribution in [0.15, 0.2) is 54.9 Å². The fourth-order valence-electron chi connectivity index (χ4n) is 3.41. The number of anilines is 2. The lowest BCUT2D eigenvalue weighted by Gasteiger charge is -2.10. The van der Waals surface area contributed by atoms with Crippen LogP contribution in [0.25, 0.3) is 11.3 Å². The standard InChI is InChI=1S/C21H17F3N4/c22-21(23,24)17-4-1-14(2-5-17)19-10-20(27-12-26-19)28-18-6-3-15-7-13(11-25)8-16(15)9-18/h1-6,9-13,25H,7-8H2,(H,26,27,28). The molecule has 7 heteroatoms. The van der Waals surface area contributed by atoms with Gasteiger partial charge in [-0.15, -0.1) is 0 Å². The molecule has 1 atom stereocenters. The molecule has 2 aromatic carbocycles. The quantitative estimate of drug-likeness (QED) is 0.604. The van der Waals surface area contributed by atoms with E-state index in [1.807, 2.05) is 6.07 Å². The van der Waals surface area contributed by atoms with Crippen LogP contribution in [0.1, 0.15) is 16.7 Å². The molecule has 3 aromatic rings. The van der Waals surface area contributed by atoms with E-state index in [4.69, 9.17) is 5.41 Å². The predicted molar refractivity (Wildman–Crippen MR) is 102 cm³/mol. The number of halogens is 3. The lowest BCUT2D eigenvalue weighted by Crippen LogP contribution is -2.04. The van der Waals surface area contributed by atoms with E-state index in [1.165, 1.54) is 35.8 Å². The van der Waals surface area contributed by atoms with Crippen molar-refractivity contribution in [3.63, 3.8) is 0 Å². The van der Waals surface area contributed by atoms with Crippen molar-refractivity contribution in [2.24, 2.45) is 5.92 Å². The van der Waals surface area contributed by atoms with Crippen LogP contribution in [-0.4, -0.2) is 16.2 Å². The molecule has 0 aliphatic heterocycles. The number of nitrogens with one attached hydrogen (secondary N) is 2. The van der Waals surface area contributed by atoms with Crippen molar-refractivity contribution in [1.29, 1.82) is 5.41 Å². The summed E-state index contributed by atoms with van der Waals surface area (Å²) in [4.78, 5) is 8.37. The Balaban J connectivity index is 1.54. The second-order valence-corrected chi connectivity index (χ2v) is 6.81. The number of hydrogen-bond donors (Lipinski definition) is 2. The van der Waals surface area contributed by atoms with Crippen molar-refractivity contribution in [2.45, 2.75) is 19.0 Å². The monoisotopic (exact) mass is 382 g/mol. The van der Waals surface area contributed by atoms with Crippen LogP contribution < -0.4 is 5.32 Å². The molecule has 1 heterocycles. The Labute approximate surface area is 160 Å². The molecular formula is C21H17F3N4. The van der Waals surface area contributed by atoms with E-state index in [1.54, 1.807) is 6.07 Å². The van der Waals surface area contributed by atoms with Crippen LogP contribution >= 0.6 is 0 Å². The van der Waals surface area contributed by atoms with Crippen LogP contribution in [0.5, 0.6) is 0 Å². The largest absolute Gasteiger partial charge is 0.416 e. The van der Waals surface area contributed by atoms with Gasteiger partial charge < -0.3 is 10.7 Å². The smallest absolute Gasteiger partial charge is 0.340 e. The molecule has 0 saturated heterocycles. The van der Waals surface area contributed by atoms with E-state index < -0.39 is 11.7 Å². The Kier molecular flexibility index (Phi) is 4.58. The van der Waals surface area contributed by atoms with E-state index in [0.29, 0.717) is 17.1 Å². The minimum Gasteiger partial charge on any atom is -0.340 e. The summed E-state index contributed by atoms with van der Waals surface area (Å²) in [6.45, 7) is 0. The third kappa shape index (κ3) is 3.74. The Morgan fingerprint density at radius 2 is 1.71 bits per heavy atom. The van der Waals surface area contributed by atoms with Crippen LogP contribution in [0.2, 0.25) is 0 Å². The van der Waals surface area contributed by atoms with Gasteiger partial charge >= 0.3 is 6.18 Å². The number of fused-ring (bicyclic) bond motifs is 1. The summed E-state index contributed by atoms with van der Waals surface area (Å²) >= 11 is 0. The van der Waals surface area contributed by atoms with Gasteiger partial charge in [0.25, 0.3) is 0 Å². The molecule has 4 rings (SSSR count). The summed E-state index contributed by atoms with van der Waals surface area (Å²) in [6, 6.07) is 12.7. The lowest BCUT2D eigenvalue weighted by atomic mass is 10.1. The summed E-state index contributed by atoms with van der Waals surface area (Å²) in [5, 5.41) is 10.7. The highest BCUT2D eigenvalue weighted by atomic mass is 19.4. The zero-order valence-corrected chi connectivity index (χ0v) is 14.8. The van der Waals surface area contributed by atoms with Gasteiger partial charge in [-0.3, -0.25) is 0 Å². The van der Waals surface area contributed by atoms with Gasteiger partial charge in [-0.05, 0) is 54.4 Å². The lowest BCUT2D eigenvalue weighted by molar-refractivity contribution is -0.137. The Morgan fingerprint density at radius 1 is 0.964 bits per heavy atom. The molecule has 2 N–H and O–H groups in total. The Hall–Kier alpha value is -3.22. The fourth-order valence-corrected chi connectivity index (χ4v) is 3.41. The first-order valence-electron chi connectivity index (χ1n) is 8.81. The van der Waals surface area contributed by atoms with Crippen LogP contribution in [0, 0.1) is 11.3 Å². The molecule has 1 unspecified atom stereocenters. The maximum atomic E-state index is 12.7. The van der Waals surface area contributed by atoms with Gasteiger partial charge in [-0.25, -0.2) is 9.97 Å². The van der Waals surface area contributed by atoms with E-state index in [-0.39, 0.29) is 5.92 Å². The molecule has 1 aliphatic carbocycles. The Morgan fingerprint density at radius 3 is 2.43 bits per heavy atom. The molecular weight excluding hydrogens is 365 g/mol. The molecule has 0 radical (unpaired) electrons. The summed E-state index contributed by atoms with van der Waals surface area (Å²) in [6.07, 6.45) is 0.266. The van der Waals surface area contributed by atoms with Gasteiger partial charge in [-0.2, -0.15) is 13.2 Å². The second kappa shape index (κ2) is 7.07. The summed E-state index contributed by atoms with van der Waals surface area (Å²) < 4.78 is 38.2. The number of benzene rings is 2. The maximum absolute atomic E-state index is 12.7. The van der Waals surface area contributed by atoms with Crippen LogP contribution in [-0.2, 0) is 19.0 Å².